The molecule has 26 heavy (non-hydrogen) atoms. The molecular weight excluding hydrogens is 348 g/mol. The lowest BCUT2D eigenvalue weighted by molar-refractivity contribution is -0.127. The van der Waals surface area contributed by atoms with Crippen molar-refractivity contribution in [2.45, 2.75) is 33.1 Å². The van der Waals surface area contributed by atoms with Gasteiger partial charge >= 0.3 is 6.03 Å². The Morgan fingerprint density at radius 2 is 2.00 bits per heavy atom. The first kappa shape index (κ1) is 19.9. The molecule has 1 aromatic heterocycles. The lowest BCUT2D eigenvalue weighted by Crippen LogP contribution is -2.29. The van der Waals surface area contributed by atoms with E-state index in [1.807, 2.05) is 31.2 Å². The molecule has 0 spiro atoms. The van der Waals surface area contributed by atoms with Gasteiger partial charge in [0.1, 0.15) is 0 Å². The summed E-state index contributed by atoms with van der Waals surface area (Å²) in [5.74, 6) is 0.0271. The molecule has 0 saturated heterocycles. The summed E-state index contributed by atoms with van der Waals surface area (Å²) >= 11 is 1.71. The number of anilines is 1. The molecule has 140 valence electrons. The third-order valence-corrected chi connectivity index (χ3v) is 5.10. The van der Waals surface area contributed by atoms with Crippen LogP contribution >= 0.6 is 11.3 Å². The molecule has 0 aliphatic rings. The molecule has 1 heterocycles. The molecule has 0 atom stereocenters. The molecule has 0 bridgehead atoms. The molecule has 0 unspecified atom stereocenters. The topological polar surface area (TPSA) is 74.3 Å². The Morgan fingerprint density at radius 3 is 2.65 bits per heavy atom. The highest BCUT2D eigenvalue weighted by Crippen LogP contribution is 2.17. The van der Waals surface area contributed by atoms with Gasteiger partial charge in [-0.1, -0.05) is 12.1 Å². The van der Waals surface area contributed by atoms with Crippen LogP contribution in [0.15, 0.2) is 24.3 Å². The summed E-state index contributed by atoms with van der Waals surface area (Å²) in [5, 5.41) is 6.77. The van der Waals surface area contributed by atoms with Gasteiger partial charge in [0.25, 0.3) is 0 Å². The van der Waals surface area contributed by atoms with E-state index in [1.165, 1.54) is 4.88 Å². The number of amides is 3. The van der Waals surface area contributed by atoms with Crippen molar-refractivity contribution >= 4 is 29.0 Å². The first-order valence-corrected chi connectivity index (χ1v) is 9.43. The molecule has 0 saturated carbocycles. The second-order valence-electron chi connectivity index (χ2n) is 6.40. The first-order chi connectivity index (χ1) is 12.3. The number of nitrogens with zero attached hydrogens (tertiary/aromatic N) is 2. The maximum Gasteiger partial charge on any atom is 0.319 e. The summed E-state index contributed by atoms with van der Waals surface area (Å²) in [6.07, 6.45) is 2.02. The Kier molecular flexibility index (Phi) is 7.15. The van der Waals surface area contributed by atoms with E-state index in [9.17, 15) is 9.59 Å². The number of nitrogens with one attached hydrogen (secondary N) is 2. The van der Waals surface area contributed by atoms with Crippen LogP contribution in [-0.4, -0.2) is 42.5 Å². The fourth-order valence-corrected chi connectivity index (χ4v) is 3.33. The number of thiazole rings is 1. The molecule has 7 heteroatoms. The van der Waals surface area contributed by atoms with Gasteiger partial charge in [-0.05, 0) is 38.0 Å². The maximum atomic E-state index is 12.0. The summed E-state index contributed by atoms with van der Waals surface area (Å²) in [7, 11) is 3.46. The highest BCUT2D eigenvalue weighted by molar-refractivity contribution is 7.11. The number of hydrogen-bond donors (Lipinski definition) is 2. The number of carbonyl (C=O) groups is 2. The normalized spacial score (nSPS) is 10.5. The standard InChI is InChI=1S/C19H26N4O2S/c1-13-14(2)26-17(21-13)9-6-10-20-19(25)22-16-8-5-7-15(11-16)12-18(24)23(3)4/h5,7-8,11H,6,9-10,12H2,1-4H3,(H2,20,22,25). The number of carbonyl (C=O) groups excluding carboxylic acids is 2. The van der Waals surface area contributed by atoms with Crippen LogP contribution in [0.2, 0.25) is 0 Å². The van der Waals surface area contributed by atoms with Crippen molar-refractivity contribution in [1.29, 1.82) is 0 Å². The van der Waals surface area contributed by atoms with Gasteiger partial charge in [-0.2, -0.15) is 0 Å². The van der Waals surface area contributed by atoms with E-state index in [0.29, 0.717) is 18.7 Å². The smallest absolute Gasteiger partial charge is 0.319 e. The molecule has 2 rings (SSSR count). The van der Waals surface area contributed by atoms with Crippen molar-refractivity contribution in [2.75, 3.05) is 26.0 Å². The van der Waals surface area contributed by atoms with Gasteiger partial charge in [-0.3, -0.25) is 4.79 Å². The average molecular weight is 375 g/mol. The third-order valence-electron chi connectivity index (χ3n) is 3.96. The predicted molar refractivity (Wildman–Crippen MR) is 106 cm³/mol. The second-order valence-corrected chi connectivity index (χ2v) is 7.69. The maximum absolute atomic E-state index is 12.0. The molecule has 0 fully saturated rings. The monoisotopic (exact) mass is 374 g/mol. The number of likely N-dealkylation sites (N-methyl/N-ethyl adjacent to an activating group) is 1. The van der Waals surface area contributed by atoms with E-state index in [2.05, 4.69) is 22.5 Å². The Morgan fingerprint density at radius 1 is 1.23 bits per heavy atom. The largest absolute Gasteiger partial charge is 0.349 e. The second kappa shape index (κ2) is 9.33. The highest BCUT2D eigenvalue weighted by atomic mass is 32.1. The number of aryl methyl sites for hydroxylation is 3. The summed E-state index contributed by atoms with van der Waals surface area (Å²) in [4.78, 5) is 31.1. The number of aromatic nitrogens is 1. The Labute approximate surface area is 158 Å². The minimum atomic E-state index is -0.243. The van der Waals surface area contributed by atoms with Crippen molar-refractivity contribution in [3.8, 4) is 0 Å². The fraction of sp³-hybridized carbons (Fsp3) is 0.421. The molecule has 6 nitrogen and oxygen atoms in total. The van der Waals surface area contributed by atoms with Gasteiger partial charge in [-0.15, -0.1) is 11.3 Å². The van der Waals surface area contributed by atoms with Gasteiger partial charge < -0.3 is 15.5 Å². The fourth-order valence-electron chi connectivity index (χ4n) is 2.35. The quantitative estimate of drug-likeness (QED) is 0.731. The first-order valence-electron chi connectivity index (χ1n) is 8.62. The van der Waals surface area contributed by atoms with Gasteiger partial charge in [0.15, 0.2) is 0 Å². The molecule has 0 aliphatic heterocycles. The zero-order valence-electron chi connectivity index (χ0n) is 15.8. The number of hydrogen-bond acceptors (Lipinski definition) is 4. The van der Waals surface area contributed by atoms with Crippen LogP contribution in [0, 0.1) is 13.8 Å². The van der Waals surface area contributed by atoms with Gasteiger partial charge in [-0.25, -0.2) is 9.78 Å². The van der Waals surface area contributed by atoms with Crippen LogP contribution in [0.5, 0.6) is 0 Å². The Balaban J connectivity index is 1.76. The molecular formula is C19H26N4O2S. The van der Waals surface area contributed by atoms with E-state index in [4.69, 9.17) is 0 Å². The number of rotatable bonds is 7. The van der Waals surface area contributed by atoms with Gasteiger partial charge in [0.2, 0.25) is 5.91 Å². The van der Waals surface area contributed by atoms with Crippen molar-refractivity contribution in [3.63, 3.8) is 0 Å². The van der Waals surface area contributed by atoms with E-state index in [-0.39, 0.29) is 11.9 Å². The Hall–Kier alpha value is -2.41. The summed E-state index contributed by atoms with van der Waals surface area (Å²) in [6.45, 7) is 4.67. The van der Waals surface area contributed by atoms with Crippen molar-refractivity contribution < 1.29 is 9.59 Å². The van der Waals surface area contributed by atoms with Crippen molar-refractivity contribution in [2.24, 2.45) is 0 Å². The molecule has 2 N–H and O–H groups in total. The van der Waals surface area contributed by atoms with E-state index in [1.54, 1.807) is 30.3 Å². The van der Waals surface area contributed by atoms with Gasteiger partial charge in [0.05, 0.1) is 17.1 Å². The van der Waals surface area contributed by atoms with E-state index < -0.39 is 0 Å². The molecule has 2 aromatic rings. The lowest BCUT2D eigenvalue weighted by atomic mass is 10.1. The molecule has 3 amide bonds. The third kappa shape index (κ3) is 6.15. The lowest BCUT2D eigenvalue weighted by Gasteiger charge is -2.11. The zero-order valence-corrected chi connectivity index (χ0v) is 16.6. The number of urea groups is 1. The minimum Gasteiger partial charge on any atom is -0.349 e. The van der Waals surface area contributed by atoms with Gasteiger partial charge in [0, 0.05) is 37.6 Å². The molecule has 0 aliphatic carbocycles. The minimum absolute atomic E-state index is 0.0271. The van der Waals surface area contributed by atoms with Crippen LogP contribution in [0.25, 0.3) is 0 Å². The van der Waals surface area contributed by atoms with Crippen LogP contribution in [0.3, 0.4) is 0 Å². The summed E-state index contributed by atoms with van der Waals surface area (Å²) in [6, 6.07) is 7.10. The van der Waals surface area contributed by atoms with Crippen LogP contribution in [-0.2, 0) is 17.6 Å². The highest BCUT2D eigenvalue weighted by Gasteiger charge is 2.08. The molecule has 1 aromatic carbocycles. The molecule has 0 radical (unpaired) electrons. The Bertz CT molecular complexity index is 751. The SMILES string of the molecule is Cc1nc(CCCNC(=O)Nc2cccc(CC(=O)N(C)C)c2)sc1C. The van der Waals surface area contributed by atoms with Crippen LogP contribution in [0.4, 0.5) is 10.5 Å². The van der Waals surface area contributed by atoms with Crippen molar-refractivity contribution in [1.82, 2.24) is 15.2 Å². The van der Waals surface area contributed by atoms with Crippen molar-refractivity contribution in [3.05, 3.63) is 45.4 Å². The average Bonchev–Trinajstić information content (AvgIpc) is 2.90. The summed E-state index contributed by atoms with van der Waals surface area (Å²) in [5.41, 5.74) is 2.64. The van der Waals surface area contributed by atoms with Crippen LogP contribution in [0.1, 0.15) is 27.6 Å². The summed E-state index contributed by atoms with van der Waals surface area (Å²) < 4.78 is 0. The van der Waals surface area contributed by atoms with E-state index >= 15 is 0 Å². The van der Waals surface area contributed by atoms with E-state index in [0.717, 1.165) is 29.1 Å². The predicted octanol–water partition coefficient (Wildman–Crippen LogP) is 3.14. The number of benzene rings is 1. The van der Waals surface area contributed by atoms with Crippen LogP contribution < -0.4 is 10.6 Å². The zero-order chi connectivity index (χ0) is 19.1.